The molecule has 7 nitrogen and oxygen atoms in total. The number of likely N-dealkylation sites (N-methyl/N-ethyl adjacent to an activating group) is 1. The van der Waals surface area contributed by atoms with Gasteiger partial charge in [0.15, 0.2) is 5.78 Å². The Morgan fingerprint density at radius 3 is 2.75 bits per heavy atom. The molecule has 0 spiro atoms. The molecule has 1 fully saturated rings. The minimum Gasteiger partial charge on any atom is -0.383 e. The average Bonchev–Trinajstić information content (AvgIpc) is 3.52. The van der Waals surface area contributed by atoms with Crippen molar-refractivity contribution in [1.29, 1.82) is 0 Å². The van der Waals surface area contributed by atoms with Crippen LogP contribution in [0.25, 0.3) is 11.3 Å². The highest BCUT2D eigenvalue weighted by molar-refractivity contribution is 8.01. The van der Waals surface area contributed by atoms with Crippen molar-refractivity contribution in [3.63, 3.8) is 0 Å². The van der Waals surface area contributed by atoms with Crippen LogP contribution in [0.1, 0.15) is 24.6 Å². The molecule has 1 amide bonds. The summed E-state index contributed by atoms with van der Waals surface area (Å²) in [6, 6.07) is 18.8. The van der Waals surface area contributed by atoms with E-state index in [9.17, 15) is 9.59 Å². The first-order valence-electron chi connectivity index (χ1n) is 12.9. The van der Waals surface area contributed by atoms with Gasteiger partial charge in [-0.05, 0) is 65.7 Å². The first-order valence-corrected chi connectivity index (χ1v) is 15.1. The van der Waals surface area contributed by atoms with Crippen molar-refractivity contribution in [2.75, 3.05) is 31.7 Å². The Labute approximate surface area is 246 Å². The molecule has 1 saturated heterocycles. The summed E-state index contributed by atoms with van der Waals surface area (Å²) in [5.41, 5.74) is 1.98. The predicted octanol–water partition coefficient (Wildman–Crippen LogP) is 5.82. The Hall–Kier alpha value is -3.24. The van der Waals surface area contributed by atoms with Gasteiger partial charge in [-0.1, -0.05) is 29.8 Å². The van der Waals surface area contributed by atoms with E-state index in [1.54, 1.807) is 19.4 Å². The molecule has 2 unspecified atom stereocenters. The molecule has 5 rings (SSSR count). The normalized spacial score (nSPS) is 18.9. The Morgan fingerprint density at radius 1 is 1.18 bits per heavy atom. The first-order chi connectivity index (χ1) is 19.4. The number of hydrogen-bond donors (Lipinski definition) is 1. The van der Waals surface area contributed by atoms with Gasteiger partial charge in [0.25, 0.3) is 0 Å². The van der Waals surface area contributed by atoms with Gasteiger partial charge >= 0.3 is 0 Å². The Morgan fingerprint density at radius 2 is 2.02 bits per heavy atom. The highest BCUT2D eigenvalue weighted by atomic mass is 35.5. The Bertz CT molecular complexity index is 1480. The fourth-order valence-electron chi connectivity index (χ4n) is 4.81. The monoisotopic (exact) mass is 592 g/mol. The van der Waals surface area contributed by atoms with Gasteiger partial charge in [-0.2, -0.15) is 11.3 Å². The zero-order chi connectivity index (χ0) is 28.1. The van der Waals surface area contributed by atoms with Crippen molar-refractivity contribution >= 4 is 52.2 Å². The number of benzene rings is 1. The van der Waals surface area contributed by atoms with Crippen LogP contribution in [0.3, 0.4) is 0 Å². The number of piperidine rings is 1. The van der Waals surface area contributed by atoms with Gasteiger partial charge in [0, 0.05) is 43.3 Å². The summed E-state index contributed by atoms with van der Waals surface area (Å²) >= 11 is 9.02. The molecule has 0 radical (unpaired) electrons. The van der Waals surface area contributed by atoms with Crippen molar-refractivity contribution in [3.8, 4) is 11.3 Å². The fraction of sp³-hybridized carbons (Fsp3) is 0.267. The molecule has 10 heteroatoms. The summed E-state index contributed by atoms with van der Waals surface area (Å²) in [6.45, 7) is 4.18. The molecule has 1 aliphatic heterocycles. The van der Waals surface area contributed by atoms with Crippen molar-refractivity contribution in [3.05, 3.63) is 93.9 Å². The quantitative estimate of drug-likeness (QED) is 0.232. The number of methoxy groups -OCH3 is 1. The summed E-state index contributed by atoms with van der Waals surface area (Å²) < 4.78 is 5.25. The number of carbonyl (C=O) groups is 2. The molecule has 0 bridgehead atoms. The minimum atomic E-state index is -1.08. The Kier molecular flexibility index (Phi) is 8.85. The number of nitrogens with one attached hydrogen (secondary N) is 1. The maximum Gasteiger partial charge on any atom is 0.242 e. The highest BCUT2D eigenvalue weighted by Crippen LogP contribution is 2.41. The third-order valence-corrected chi connectivity index (χ3v) is 9.35. The maximum atomic E-state index is 13.6. The fourth-order valence-corrected chi connectivity index (χ4v) is 6.78. The molecule has 40 heavy (non-hydrogen) atoms. The number of hydrogen-bond acceptors (Lipinski definition) is 8. The predicted molar refractivity (Wildman–Crippen MR) is 161 cm³/mol. The number of rotatable bonds is 10. The molecule has 4 heterocycles. The van der Waals surface area contributed by atoms with E-state index >= 15 is 0 Å². The van der Waals surface area contributed by atoms with Crippen LogP contribution in [-0.2, 0) is 19.9 Å². The molecule has 1 aliphatic rings. The van der Waals surface area contributed by atoms with Crippen molar-refractivity contribution < 1.29 is 14.3 Å². The van der Waals surface area contributed by atoms with Gasteiger partial charge in [-0.25, -0.2) is 9.97 Å². The van der Waals surface area contributed by atoms with Gasteiger partial charge in [0.1, 0.15) is 16.6 Å². The summed E-state index contributed by atoms with van der Waals surface area (Å²) in [7, 11) is 1.68. The SMILES string of the molecule is CCN(CCOC)c1cc(-c2cccc(C3(c4ccsc4)CC(=O)C(Sc4ccccc4Cl)C(=O)N3)n2)ccn1. The van der Waals surface area contributed by atoms with Crippen molar-refractivity contribution in [2.45, 2.75) is 29.0 Å². The van der Waals surface area contributed by atoms with E-state index in [0.29, 0.717) is 22.2 Å². The number of thioether (sulfide) groups is 1. The lowest BCUT2D eigenvalue weighted by Gasteiger charge is -2.39. The van der Waals surface area contributed by atoms with E-state index < -0.39 is 10.8 Å². The lowest BCUT2D eigenvalue weighted by Crippen LogP contribution is -2.58. The van der Waals surface area contributed by atoms with Gasteiger partial charge in [-0.15, -0.1) is 11.8 Å². The van der Waals surface area contributed by atoms with Crippen LogP contribution in [0.4, 0.5) is 5.82 Å². The number of pyridine rings is 2. The largest absolute Gasteiger partial charge is 0.383 e. The van der Waals surface area contributed by atoms with Crippen LogP contribution in [0.5, 0.6) is 0 Å². The first kappa shape index (κ1) is 28.3. The highest BCUT2D eigenvalue weighted by Gasteiger charge is 2.48. The molecule has 1 N–H and O–H groups in total. The number of halogens is 1. The lowest BCUT2D eigenvalue weighted by molar-refractivity contribution is -0.133. The molecule has 0 saturated carbocycles. The molecular formula is C30H29ClN4O3S2. The molecule has 206 valence electrons. The zero-order valence-electron chi connectivity index (χ0n) is 22.2. The van der Waals surface area contributed by atoms with Crippen LogP contribution in [-0.4, -0.2) is 53.7 Å². The maximum absolute atomic E-state index is 13.6. The molecule has 2 atom stereocenters. The Balaban J connectivity index is 1.49. The molecule has 0 aliphatic carbocycles. The van der Waals surface area contributed by atoms with E-state index in [-0.39, 0.29) is 18.1 Å². The van der Waals surface area contributed by atoms with Crippen LogP contribution in [0, 0.1) is 0 Å². The van der Waals surface area contributed by atoms with Crippen LogP contribution < -0.4 is 10.2 Å². The second-order valence-corrected chi connectivity index (χ2v) is 11.7. The van der Waals surface area contributed by atoms with E-state index in [2.05, 4.69) is 22.1 Å². The minimum absolute atomic E-state index is 0.0796. The topological polar surface area (TPSA) is 84.4 Å². The van der Waals surface area contributed by atoms with Gasteiger partial charge < -0.3 is 15.0 Å². The van der Waals surface area contributed by atoms with Crippen LogP contribution in [0.2, 0.25) is 5.02 Å². The number of Topliss-reactive ketones (excluding diaryl/α,β-unsaturated/α-hetero) is 1. The molecule has 4 aromatic rings. The number of carbonyl (C=O) groups excluding carboxylic acids is 2. The zero-order valence-corrected chi connectivity index (χ0v) is 24.6. The summed E-state index contributed by atoms with van der Waals surface area (Å²) in [5, 5.41) is 6.71. The summed E-state index contributed by atoms with van der Waals surface area (Å²) in [5.74, 6) is 0.301. The number of nitrogens with zero attached hydrogens (tertiary/aromatic N) is 3. The van der Waals surface area contributed by atoms with Crippen LogP contribution >= 0.6 is 34.7 Å². The number of amides is 1. The van der Waals surface area contributed by atoms with Crippen LogP contribution in [0.15, 0.2) is 82.5 Å². The van der Waals surface area contributed by atoms with E-state index in [0.717, 1.165) is 35.7 Å². The third kappa shape index (κ3) is 5.78. The molecule has 3 aromatic heterocycles. The van der Waals surface area contributed by atoms with Crippen molar-refractivity contribution in [1.82, 2.24) is 15.3 Å². The standard InChI is InChI=1S/C30H29ClN4O3S2/c1-3-35(14-15-38-2)27-17-20(11-13-32-27)23-8-6-10-26(33-23)30(21-12-16-39-19-21)18-24(36)28(29(37)34-30)40-25-9-5-4-7-22(25)31/h4-13,16-17,19,28H,3,14-15,18H2,1-2H3,(H,34,37). The number of ether oxygens (including phenoxy) is 1. The second kappa shape index (κ2) is 12.5. The third-order valence-electron chi connectivity index (χ3n) is 6.90. The van der Waals surface area contributed by atoms with Crippen molar-refractivity contribution in [2.24, 2.45) is 0 Å². The van der Waals surface area contributed by atoms with E-state index in [1.165, 1.54) is 23.1 Å². The number of anilines is 1. The second-order valence-electron chi connectivity index (χ2n) is 9.36. The van der Waals surface area contributed by atoms with Gasteiger partial charge in [-0.3, -0.25) is 9.59 Å². The number of ketones is 1. The number of aromatic nitrogens is 2. The van der Waals surface area contributed by atoms with Gasteiger partial charge in [0.2, 0.25) is 5.91 Å². The number of thiophene rings is 1. The molecule has 1 aromatic carbocycles. The summed E-state index contributed by atoms with van der Waals surface area (Å²) in [6.07, 6.45) is 1.85. The molecular weight excluding hydrogens is 564 g/mol. The lowest BCUT2D eigenvalue weighted by atomic mass is 9.79. The van der Waals surface area contributed by atoms with E-state index in [4.69, 9.17) is 21.3 Å². The summed E-state index contributed by atoms with van der Waals surface area (Å²) in [4.78, 5) is 39.6. The van der Waals surface area contributed by atoms with E-state index in [1.807, 2.05) is 65.4 Å². The smallest absolute Gasteiger partial charge is 0.242 e. The van der Waals surface area contributed by atoms with Gasteiger partial charge in [0.05, 0.1) is 23.0 Å². The average molecular weight is 593 g/mol.